The molecule has 1 aliphatic rings. The Hall–Kier alpha value is -1.25. The number of aromatic nitrogens is 1. The van der Waals surface area contributed by atoms with Crippen molar-refractivity contribution in [2.24, 2.45) is 0 Å². The van der Waals surface area contributed by atoms with Crippen LogP contribution in [-0.2, 0) is 12.5 Å². The van der Waals surface area contributed by atoms with Crippen molar-refractivity contribution in [2.75, 3.05) is 0 Å². The Morgan fingerprint density at radius 3 is 2.59 bits per heavy atom. The number of fused-ring (bicyclic) bond motifs is 2. The molecule has 0 saturated carbocycles. The molecule has 0 atom stereocenters. The van der Waals surface area contributed by atoms with Crippen LogP contribution in [0, 0.1) is 0 Å². The first kappa shape index (κ1) is 13.8. The number of halogens is 2. The second-order valence-electron chi connectivity index (χ2n) is 3.39. The number of benzene rings is 1. The molecule has 17 heavy (non-hydrogen) atoms. The van der Waals surface area contributed by atoms with Gasteiger partial charge in [0.1, 0.15) is 12.4 Å². The zero-order valence-electron chi connectivity index (χ0n) is 9.17. The Kier molecular flexibility index (Phi) is 5.81. The van der Waals surface area contributed by atoms with Gasteiger partial charge in [-0.3, -0.25) is 4.98 Å². The van der Waals surface area contributed by atoms with E-state index in [1.165, 1.54) is 5.56 Å². The molecule has 1 aromatic carbocycles. The van der Waals surface area contributed by atoms with E-state index < -0.39 is 0 Å². The highest BCUT2D eigenvalue weighted by Crippen LogP contribution is 2.20. The van der Waals surface area contributed by atoms with Crippen molar-refractivity contribution in [1.82, 2.24) is 4.98 Å². The lowest BCUT2D eigenvalue weighted by Crippen LogP contribution is -1.80. The van der Waals surface area contributed by atoms with Gasteiger partial charge < -0.3 is 4.74 Å². The first-order chi connectivity index (χ1) is 7.88. The minimum atomic E-state index is 0. The minimum Gasteiger partial charge on any atom is -0.489 e. The molecule has 0 aliphatic carbocycles. The summed E-state index contributed by atoms with van der Waals surface area (Å²) >= 11 is 5.46. The lowest BCUT2D eigenvalue weighted by Gasteiger charge is -1.88. The monoisotopic (exact) mass is 269 g/mol. The minimum absolute atomic E-state index is 0. The number of pyridine rings is 1. The quantitative estimate of drug-likeness (QED) is 0.735. The lowest BCUT2D eigenvalue weighted by atomic mass is 10.2. The molecular formula is C13H13Cl2NO. The number of hydrogen-bond acceptors (Lipinski definition) is 2. The maximum atomic E-state index is 5.46. The van der Waals surface area contributed by atoms with Gasteiger partial charge in [-0.05, 0) is 29.8 Å². The number of hydrogen-bond donors (Lipinski definition) is 0. The van der Waals surface area contributed by atoms with Gasteiger partial charge in [0.25, 0.3) is 0 Å². The largest absolute Gasteiger partial charge is 0.489 e. The number of ether oxygens (including phenoxy) is 1. The molecule has 1 aliphatic heterocycles. The van der Waals surface area contributed by atoms with Gasteiger partial charge in [0.15, 0.2) is 0 Å². The predicted molar refractivity (Wildman–Crippen MR) is 71.8 cm³/mol. The van der Waals surface area contributed by atoms with E-state index in [4.69, 9.17) is 16.3 Å². The third kappa shape index (κ3) is 4.25. The first-order valence-corrected chi connectivity index (χ1v) is 5.59. The Balaban J connectivity index is 0.000000161. The standard InChI is InChI=1S/C7H6O.C6H6ClN.ClH/c1-2-6-4-7(3-1)8-5-6;7-5-6-3-1-2-4-8-6;/h2*1-4H,5H2;1H. The SMILES string of the molecule is Cl.ClCc1ccccn1.c1cc2cc(c1)OC2. The van der Waals surface area contributed by atoms with Crippen molar-refractivity contribution in [1.29, 1.82) is 0 Å². The van der Waals surface area contributed by atoms with E-state index in [-0.39, 0.29) is 12.4 Å². The summed E-state index contributed by atoms with van der Waals surface area (Å²) in [6.07, 6.45) is 1.73. The van der Waals surface area contributed by atoms with Gasteiger partial charge in [0.2, 0.25) is 0 Å². The third-order valence-corrected chi connectivity index (χ3v) is 2.44. The van der Waals surface area contributed by atoms with E-state index in [0.29, 0.717) is 5.88 Å². The first-order valence-electron chi connectivity index (χ1n) is 5.06. The molecular weight excluding hydrogens is 257 g/mol. The molecule has 2 heterocycles. The summed E-state index contributed by atoms with van der Waals surface area (Å²) in [5.41, 5.74) is 2.21. The molecule has 2 nitrogen and oxygen atoms in total. The Labute approximate surface area is 112 Å². The van der Waals surface area contributed by atoms with Crippen LogP contribution >= 0.6 is 24.0 Å². The molecule has 2 bridgehead atoms. The maximum Gasteiger partial charge on any atom is 0.120 e. The highest BCUT2D eigenvalue weighted by Gasteiger charge is 2.03. The number of alkyl halides is 1. The molecule has 90 valence electrons. The molecule has 0 N–H and O–H groups in total. The molecule has 0 fully saturated rings. The van der Waals surface area contributed by atoms with E-state index in [9.17, 15) is 0 Å². The molecule has 0 saturated heterocycles. The summed E-state index contributed by atoms with van der Waals surface area (Å²) in [5.74, 6) is 1.50. The van der Waals surface area contributed by atoms with Crippen molar-refractivity contribution in [2.45, 2.75) is 12.5 Å². The van der Waals surface area contributed by atoms with Crippen molar-refractivity contribution in [3.8, 4) is 5.75 Å². The molecule has 0 unspecified atom stereocenters. The Bertz CT molecular complexity index is 427. The average Bonchev–Trinajstić information content (AvgIpc) is 2.70. The van der Waals surface area contributed by atoms with Gasteiger partial charge in [0.05, 0.1) is 11.6 Å². The molecule has 1 aromatic heterocycles. The van der Waals surface area contributed by atoms with Crippen LogP contribution in [0.2, 0.25) is 0 Å². The molecule has 0 spiro atoms. The van der Waals surface area contributed by atoms with Crippen molar-refractivity contribution >= 4 is 24.0 Å². The summed E-state index contributed by atoms with van der Waals surface area (Å²) < 4.78 is 5.18. The smallest absolute Gasteiger partial charge is 0.120 e. The Morgan fingerprint density at radius 1 is 1.18 bits per heavy atom. The van der Waals surface area contributed by atoms with Crippen molar-refractivity contribution < 1.29 is 4.74 Å². The van der Waals surface area contributed by atoms with Crippen LogP contribution in [0.15, 0.2) is 48.7 Å². The molecule has 2 aromatic rings. The maximum absolute atomic E-state index is 5.46. The summed E-state index contributed by atoms with van der Waals surface area (Å²) in [6.45, 7) is 0.766. The fraction of sp³-hybridized carbons (Fsp3) is 0.154. The van der Waals surface area contributed by atoms with Gasteiger partial charge in [-0.1, -0.05) is 18.2 Å². The lowest BCUT2D eigenvalue weighted by molar-refractivity contribution is 0.328. The van der Waals surface area contributed by atoms with E-state index in [1.807, 2.05) is 30.3 Å². The topological polar surface area (TPSA) is 22.1 Å². The van der Waals surface area contributed by atoms with Gasteiger partial charge in [-0.2, -0.15) is 0 Å². The third-order valence-electron chi connectivity index (χ3n) is 2.17. The van der Waals surface area contributed by atoms with Gasteiger partial charge in [-0.15, -0.1) is 24.0 Å². The summed E-state index contributed by atoms with van der Waals surface area (Å²) in [6, 6.07) is 13.8. The number of nitrogens with zero attached hydrogens (tertiary/aromatic N) is 1. The molecule has 0 amide bonds. The predicted octanol–water partition coefficient (Wildman–Crippen LogP) is 3.82. The summed E-state index contributed by atoms with van der Waals surface area (Å²) in [5, 5.41) is 0. The van der Waals surface area contributed by atoms with Crippen LogP contribution in [-0.4, -0.2) is 4.98 Å². The van der Waals surface area contributed by atoms with E-state index in [2.05, 4.69) is 17.1 Å². The highest BCUT2D eigenvalue weighted by molar-refractivity contribution is 6.16. The van der Waals surface area contributed by atoms with Crippen molar-refractivity contribution in [3.63, 3.8) is 0 Å². The van der Waals surface area contributed by atoms with Crippen LogP contribution in [0.3, 0.4) is 0 Å². The van der Waals surface area contributed by atoms with E-state index >= 15 is 0 Å². The van der Waals surface area contributed by atoms with Crippen LogP contribution in [0.5, 0.6) is 5.75 Å². The summed E-state index contributed by atoms with van der Waals surface area (Å²) in [4.78, 5) is 3.97. The second kappa shape index (κ2) is 7.15. The fourth-order valence-electron chi connectivity index (χ4n) is 1.37. The van der Waals surface area contributed by atoms with Gasteiger partial charge in [0, 0.05) is 6.20 Å². The van der Waals surface area contributed by atoms with Crippen LogP contribution in [0.1, 0.15) is 11.3 Å². The normalized spacial score (nSPS) is 10.6. The average molecular weight is 270 g/mol. The second-order valence-corrected chi connectivity index (χ2v) is 3.66. The fourth-order valence-corrected chi connectivity index (χ4v) is 1.53. The molecule has 0 radical (unpaired) electrons. The van der Waals surface area contributed by atoms with E-state index in [1.54, 1.807) is 6.20 Å². The van der Waals surface area contributed by atoms with Crippen LogP contribution in [0.25, 0.3) is 0 Å². The summed E-state index contributed by atoms with van der Waals surface area (Å²) in [7, 11) is 0. The zero-order chi connectivity index (χ0) is 11.2. The van der Waals surface area contributed by atoms with Gasteiger partial charge in [-0.25, -0.2) is 0 Å². The molecule has 4 heteroatoms. The molecule has 3 rings (SSSR count). The number of rotatable bonds is 1. The van der Waals surface area contributed by atoms with Gasteiger partial charge >= 0.3 is 0 Å². The highest BCUT2D eigenvalue weighted by atomic mass is 35.5. The van der Waals surface area contributed by atoms with E-state index in [0.717, 1.165) is 18.1 Å². The zero-order valence-corrected chi connectivity index (χ0v) is 10.7. The van der Waals surface area contributed by atoms with Crippen LogP contribution in [0.4, 0.5) is 0 Å². The van der Waals surface area contributed by atoms with Crippen molar-refractivity contribution in [3.05, 3.63) is 59.9 Å². The van der Waals surface area contributed by atoms with Crippen LogP contribution < -0.4 is 4.74 Å². The Morgan fingerprint density at radius 2 is 2.06 bits per heavy atom.